The molecule has 1 amide bonds. The molecule has 1 saturated heterocycles. The van der Waals surface area contributed by atoms with Crippen LogP contribution in [0.15, 0.2) is 65.5 Å². The first-order valence-corrected chi connectivity index (χ1v) is 11.0. The highest BCUT2D eigenvalue weighted by Gasteiger charge is 2.21. The first kappa shape index (κ1) is 22.5. The fraction of sp³-hybridized carbons (Fsp3) is 0.320. The van der Waals surface area contributed by atoms with Crippen molar-refractivity contribution in [3.63, 3.8) is 0 Å². The quantitative estimate of drug-likeness (QED) is 0.553. The van der Waals surface area contributed by atoms with Crippen LogP contribution in [0, 0.1) is 5.82 Å². The van der Waals surface area contributed by atoms with Crippen molar-refractivity contribution in [2.45, 2.75) is 19.4 Å². The van der Waals surface area contributed by atoms with Gasteiger partial charge in [-0.05, 0) is 61.0 Å². The topological polar surface area (TPSA) is 67.7 Å². The predicted octanol–water partition coefficient (Wildman–Crippen LogP) is 3.19. The van der Waals surface area contributed by atoms with Gasteiger partial charge in [0.15, 0.2) is 0 Å². The minimum atomic E-state index is -0.324. The molecule has 8 heteroatoms. The van der Waals surface area contributed by atoms with Gasteiger partial charge in [0.05, 0.1) is 12.8 Å². The number of nitrogens with zero attached hydrogens (tertiary/aromatic N) is 4. The first-order valence-electron chi connectivity index (χ1n) is 11.0. The Labute approximate surface area is 192 Å². The van der Waals surface area contributed by atoms with Gasteiger partial charge in [0.1, 0.15) is 11.6 Å². The van der Waals surface area contributed by atoms with Crippen molar-refractivity contribution in [2.24, 2.45) is 0 Å². The lowest BCUT2D eigenvalue weighted by atomic mass is 10.1. The standard InChI is InChI=1S/C25H27FN4O3/c1-33-22-10-8-21(9-11-22)28-15-17-29(18-16-28)24(31)3-2-14-30-25(32)13-12-23(27-30)19-4-6-20(26)7-5-19/h4-13H,2-3,14-18H2,1H3. The number of methoxy groups -OCH3 is 1. The van der Waals surface area contributed by atoms with Gasteiger partial charge in [0, 0.05) is 56.5 Å². The van der Waals surface area contributed by atoms with Crippen LogP contribution in [0.3, 0.4) is 0 Å². The lowest BCUT2D eigenvalue weighted by Crippen LogP contribution is -2.48. The smallest absolute Gasteiger partial charge is 0.266 e. The minimum absolute atomic E-state index is 0.0899. The van der Waals surface area contributed by atoms with Crippen molar-refractivity contribution in [3.8, 4) is 17.0 Å². The van der Waals surface area contributed by atoms with Gasteiger partial charge < -0.3 is 14.5 Å². The third kappa shape index (κ3) is 5.58. The summed E-state index contributed by atoms with van der Waals surface area (Å²) in [5.74, 6) is 0.590. The number of benzene rings is 2. The summed E-state index contributed by atoms with van der Waals surface area (Å²) in [6.07, 6.45) is 0.884. The molecule has 0 bridgehead atoms. The SMILES string of the molecule is COc1ccc(N2CCN(C(=O)CCCn3nc(-c4ccc(F)cc4)ccc3=O)CC2)cc1. The number of hydrogen-bond donors (Lipinski definition) is 0. The van der Waals surface area contributed by atoms with Crippen molar-refractivity contribution >= 4 is 11.6 Å². The van der Waals surface area contributed by atoms with Crippen LogP contribution in [-0.2, 0) is 11.3 Å². The van der Waals surface area contributed by atoms with E-state index in [1.54, 1.807) is 25.3 Å². The second kappa shape index (κ2) is 10.3. The summed E-state index contributed by atoms with van der Waals surface area (Å²) < 4.78 is 19.7. The number of carbonyl (C=O) groups is 1. The molecule has 0 saturated carbocycles. The summed E-state index contributed by atoms with van der Waals surface area (Å²) in [6, 6.07) is 17.0. The van der Waals surface area contributed by atoms with E-state index in [1.807, 2.05) is 29.2 Å². The number of ether oxygens (including phenoxy) is 1. The van der Waals surface area contributed by atoms with Gasteiger partial charge in [-0.1, -0.05) is 0 Å². The van der Waals surface area contributed by atoms with E-state index in [0.717, 1.165) is 30.1 Å². The Hall–Kier alpha value is -3.68. The average molecular weight is 451 g/mol. The van der Waals surface area contributed by atoms with Crippen LogP contribution in [0.2, 0.25) is 0 Å². The third-order valence-electron chi connectivity index (χ3n) is 5.84. The molecule has 33 heavy (non-hydrogen) atoms. The van der Waals surface area contributed by atoms with E-state index in [-0.39, 0.29) is 17.3 Å². The average Bonchev–Trinajstić information content (AvgIpc) is 2.86. The maximum atomic E-state index is 13.2. The van der Waals surface area contributed by atoms with Gasteiger partial charge in [-0.15, -0.1) is 0 Å². The van der Waals surface area contributed by atoms with E-state index in [2.05, 4.69) is 10.00 Å². The van der Waals surface area contributed by atoms with E-state index < -0.39 is 0 Å². The molecular weight excluding hydrogens is 423 g/mol. The molecule has 1 aliphatic heterocycles. The van der Waals surface area contributed by atoms with Gasteiger partial charge in [-0.2, -0.15) is 5.10 Å². The Bertz CT molecular complexity index is 1140. The molecule has 2 heterocycles. The van der Waals surface area contributed by atoms with Gasteiger partial charge in [0.2, 0.25) is 5.91 Å². The van der Waals surface area contributed by atoms with Crippen molar-refractivity contribution < 1.29 is 13.9 Å². The molecule has 0 unspecified atom stereocenters. The number of hydrogen-bond acceptors (Lipinski definition) is 5. The molecule has 1 aliphatic rings. The van der Waals surface area contributed by atoms with E-state index in [9.17, 15) is 14.0 Å². The van der Waals surface area contributed by atoms with Crippen LogP contribution in [-0.4, -0.2) is 53.9 Å². The minimum Gasteiger partial charge on any atom is -0.497 e. The number of anilines is 1. The first-order chi connectivity index (χ1) is 16.0. The summed E-state index contributed by atoms with van der Waals surface area (Å²) in [4.78, 5) is 29.0. The lowest BCUT2D eigenvalue weighted by Gasteiger charge is -2.36. The van der Waals surface area contributed by atoms with Crippen LogP contribution in [0.4, 0.5) is 10.1 Å². The largest absolute Gasteiger partial charge is 0.497 e. The van der Waals surface area contributed by atoms with Crippen LogP contribution >= 0.6 is 0 Å². The van der Waals surface area contributed by atoms with Crippen LogP contribution < -0.4 is 15.2 Å². The number of aromatic nitrogens is 2. The van der Waals surface area contributed by atoms with Crippen molar-refractivity contribution in [2.75, 3.05) is 38.2 Å². The summed E-state index contributed by atoms with van der Waals surface area (Å²) in [5, 5.41) is 4.38. The number of aryl methyl sites for hydroxylation is 1. The normalized spacial score (nSPS) is 13.8. The molecule has 4 rings (SSSR count). The number of rotatable bonds is 7. The number of amides is 1. The molecule has 1 aromatic heterocycles. The molecule has 2 aromatic carbocycles. The molecule has 172 valence electrons. The highest BCUT2D eigenvalue weighted by atomic mass is 19.1. The molecule has 0 radical (unpaired) electrons. The molecule has 1 fully saturated rings. The summed E-state index contributed by atoms with van der Waals surface area (Å²) in [6.45, 7) is 3.25. The van der Waals surface area contributed by atoms with Crippen LogP contribution in [0.1, 0.15) is 12.8 Å². The number of halogens is 1. The molecule has 0 aliphatic carbocycles. The number of carbonyl (C=O) groups excluding carboxylic acids is 1. The zero-order chi connectivity index (χ0) is 23.2. The van der Waals surface area contributed by atoms with E-state index in [0.29, 0.717) is 38.2 Å². The van der Waals surface area contributed by atoms with Gasteiger partial charge in [-0.3, -0.25) is 9.59 Å². The zero-order valence-electron chi connectivity index (χ0n) is 18.6. The second-order valence-electron chi connectivity index (χ2n) is 7.96. The second-order valence-corrected chi connectivity index (χ2v) is 7.96. The maximum absolute atomic E-state index is 13.2. The van der Waals surface area contributed by atoms with Crippen molar-refractivity contribution in [1.82, 2.24) is 14.7 Å². The Kier molecular flexibility index (Phi) is 7.02. The molecule has 0 N–H and O–H groups in total. The summed E-state index contributed by atoms with van der Waals surface area (Å²) in [5.41, 5.74) is 2.22. The lowest BCUT2D eigenvalue weighted by molar-refractivity contribution is -0.131. The predicted molar refractivity (Wildman–Crippen MR) is 125 cm³/mol. The van der Waals surface area contributed by atoms with E-state index >= 15 is 0 Å². The fourth-order valence-electron chi connectivity index (χ4n) is 3.93. The molecule has 0 atom stereocenters. The zero-order valence-corrected chi connectivity index (χ0v) is 18.6. The highest BCUT2D eigenvalue weighted by Crippen LogP contribution is 2.21. The monoisotopic (exact) mass is 450 g/mol. The summed E-state index contributed by atoms with van der Waals surface area (Å²) in [7, 11) is 1.65. The van der Waals surface area contributed by atoms with Crippen LogP contribution in [0.25, 0.3) is 11.3 Å². The van der Waals surface area contributed by atoms with E-state index in [4.69, 9.17) is 4.74 Å². The van der Waals surface area contributed by atoms with Gasteiger partial charge in [-0.25, -0.2) is 9.07 Å². The Morgan fingerprint density at radius 2 is 1.67 bits per heavy atom. The van der Waals surface area contributed by atoms with Crippen molar-refractivity contribution in [1.29, 1.82) is 0 Å². The van der Waals surface area contributed by atoms with Gasteiger partial charge in [0.25, 0.3) is 5.56 Å². The molecule has 0 spiro atoms. The fourth-order valence-corrected chi connectivity index (χ4v) is 3.93. The Morgan fingerprint density at radius 1 is 0.970 bits per heavy atom. The Balaban J connectivity index is 1.28. The maximum Gasteiger partial charge on any atom is 0.266 e. The molecule has 3 aromatic rings. The third-order valence-corrected chi connectivity index (χ3v) is 5.84. The molecule has 7 nitrogen and oxygen atoms in total. The highest BCUT2D eigenvalue weighted by molar-refractivity contribution is 5.76. The van der Waals surface area contributed by atoms with Crippen molar-refractivity contribution in [3.05, 3.63) is 76.8 Å². The number of piperazine rings is 1. The molecular formula is C25H27FN4O3. The van der Waals surface area contributed by atoms with Gasteiger partial charge >= 0.3 is 0 Å². The Morgan fingerprint density at radius 3 is 2.33 bits per heavy atom. The van der Waals surface area contributed by atoms with Crippen LogP contribution in [0.5, 0.6) is 5.75 Å². The van der Waals surface area contributed by atoms with E-state index in [1.165, 1.54) is 22.9 Å². The summed E-state index contributed by atoms with van der Waals surface area (Å²) >= 11 is 0.